The Morgan fingerprint density at radius 2 is 2.23 bits per heavy atom. The van der Waals surface area contributed by atoms with E-state index in [-0.39, 0.29) is 12.2 Å². The second-order valence-corrected chi connectivity index (χ2v) is 2.26. The number of hydrogen-bond acceptors (Lipinski definition) is 4. The van der Waals surface area contributed by atoms with Gasteiger partial charge in [0.15, 0.2) is 5.78 Å². The van der Waals surface area contributed by atoms with Gasteiger partial charge in [0.05, 0.1) is 18.9 Å². The molecule has 13 heavy (non-hydrogen) atoms. The predicted molar refractivity (Wildman–Crippen MR) is 40.4 cm³/mol. The van der Waals surface area contributed by atoms with Crippen molar-refractivity contribution >= 4 is 5.78 Å². The van der Waals surface area contributed by atoms with Crippen LogP contribution in [0.5, 0.6) is 0 Å². The van der Waals surface area contributed by atoms with Gasteiger partial charge in [0.25, 0.3) is 6.43 Å². The quantitative estimate of drug-likeness (QED) is 0.702. The fraction of sp³-hybridized carbons (Fsp3) is 0.286. The van der Waals surface area contributed by atoms with Crippen LogP contribution in [0.2, 0.25) is 0 Å². The molecule has 0 saturated carbocycles. The van der Waals surface area contributed by atoms with E-state index in [1.807, 2.05) is 0 Å². The second kappa shape index (κ2) is 3.99. The lowest BCUT2D eigenvalue weighted by Gasteiger charge is -1.99. The summed E-state index contributed by atoms with van der Waals surface area (Å²) in [6.45, 7) is -0.263. The topological polar surface area (TPSA) is 68.9 Å². The molecule has 0 spiro atoms. The van der Waals surface area contributed by atoms with Gasteiger partial charge in [-0.1, -0.05) is 0 Å². The zero-order valence-corrected chi connectivity index (χ0v) is 6.58. The molecule has 0 radical (unpaired) electrons. The Hall–Kier alpha value is -1.43. The van der Waals surface area contributed by atoms with Gasteiger partial charge in [-0.25, -0.2) is 13.8 Å². The lowest BCUT2D eigenvalue weighted by atomic mass is 10.3. The number of halogens is 2. The summed E-state index contributed by atoms with van der Waals surface area (Å²) >= 11 is 0. The van der Waals surface area contributed by atoms with Gasteiger partial charge in [0, 0.05) is 0 Å². The molecule has 0 saturated heterocycles. The number of hydrogen-bond donors (Lipinski definition) is 1. The van der Waals surface area contributed by atoms with Crippen LogP contribution in [-0.2, 0) is 0 Å². The molecule has 1 aromatic heterocycles. The summed E-state index contributed by atoms with van der Waals surface area (Å²) in [7, 11) is 0. The second-order valence-electron chi connectivity index (χ2n) is 2.26. The smallest absolute Gasteiger partial charge is 0.281 e. The van der Waals surface area contributed by atoms with Gasteiger partial charge in [0.1, 0.15) is 11.4 Å². The molecule has 0 unspecified atom stereocenters. The van der Waals surface area contributed by atoms with Crippen LogP contribution in [-0.4, -0.2) is 22.3 Å². The SMILES string of the molecule is NCC(=O)c1cncc(C(F)F)n1. The molecule has 0 aliphatic heterocycles. The zero-order valence-electron chi connectivity index (χ0n) is 6.58. The maximum absolute atomic E-state index is 12.1. The third-order valence-electron chi connectivity index (χ3n) is 1.35. The molecule has 0 aromatic carbocycles. The van der Waals surface area contributed by atoms with Crippen LogP contribution >= 0.6 is 0 Å². The minimum absolute atomic E-state index is 0.125. The largest absolute Gasteiger partial charge is 0.324 e. The fourth-order valence-electron chi connectivity index (χ4n) is 0.725. The molecular weight excluding hydrogens is 180 g/mol. The van der Waals surface area contributed by atoms with Crippen molar-refractivity contribution in [3.8, 4) is 0 Å². The molecule has 0 amide bonds. The van der Waals surface area contributed by atoms with E-state index in [2.05, 4.69) is 9.97 Å². The van der Waals surface area contributed by atoms with E-state index < -0.39 is 17.9 Å². The molecular formula is C7H7F2N3O. The lowest BCUT2D eigenvalue weighted by molar-refractivity contribution is 0.0994. The molecule has 0 bridgehead atoms. The van der Waals surface area contributed by atoms with E-state index in [9.17, 15) is 13.6 Å². The number of carbonyl (C=O) groups excluding carboxylic acids is 1. The number of rotatable bonds is 3. The van der Waals surface area contributed by atoms with Crippen molar-refractivity contribution in [2.24, 2.45) is 5.73 Å². The van der Waals surface area contributed by atoms with Gasteiger partial charge in [0.2, 0.25) is 0 Å². The number of alkyl halides is 2. The van der Waals surface area contributed by atoms with Crippen molar-refractivity contribution in [2.45, 2.75) is 6.43 Å². The van der Waals surface area contributed by atoms with Gasteiger partial charge in [-0.3, -0.25) is 9.78 Å². The van der Waals surface area contributed by atoms with Crippen molar-refractivity contribution in [1.29, 1.82) is 0 Å². The Bertz CT molecular complexity index is 316. The van der Waals surface area contributed by atoms with Gasteiger partial charge in [-0.05, 0) is 0 Å². The molecule has 0 aliphatic rings. The summed E-state index contributed by atoms with van der Waals surface area (Å²) in [5, 5.41) is 0. The minimum Gasteiger partial charge on any atom is -0.324 e. The molecule has 1 aromatic rings. The number of ketones is 1. The van der Waals surface area contributed by atoms with Gasteiger partial charge in [-0.15, -0.1) is 0 Å². The van der Waals surface area contributed by atoms with Gasteiger partial charge >= 0.3 is 0 Å². The first kappa shape index (κ1) is 9.66. The lowest BCUT2D eigenvalue weighted by Crippen LogP contribution is -2.16. The average Bonchev–Trinajstić information content (AvgIpc) is 2.17. The van der Waals surface area contributed by atoms with Crippen LogP contribution in [0, 0.1) is 0 Å². The first-order valence-electron chi connectivity index (χ1n) is 3.48. The van der Waals surface area contributed by atoms with Crippen LogP contribution in [0.1, 0.15) is 22.6 Å². The summed E-state index contributed by atoms with van der Waals surface area (Å²) < 4.78 is 24.1. The standard InChI is InChI=1S/C7H7F2N3O/c8-7(9)5-3-11-2-4(12-5)6(13)1-10/h2-3,7H,1,10H2. The van der Waals surface area contributed by atoms with E-state index in [1.54, 1.807) is 0 Å². The highest BCUT2D eigenvalue weighted by Gasteiger charge is 2.12. The van der Waals surface area contributed by atoms with Crippen molar-refractivity contribution in [3.05, 3.63) is 23.8 Å². The normalized spacial score (nSPS) is 10.5. The molecule has 6 heteroatoms. The third kappa shape index (κ3) is 2.25. The van der Waals surface area contributed by atoms with Crippen molar-refractivity contribution in [2.75, 3.05) is 6.54 Å². The Morgan fingerprint density at radius 3 is 2.77 bits per heavy atom. The Labute approximate surface area is 72.8 Å². The van der Waals surface area contributed by atoms with Crippen LogP contribution in [0.4, 0.5) is 8.78 Å². The fourth-order valence-corrected chi connectivity index (χ4v) is 0.725. The molecule has 1 heterocycles. The number of aromatic nitrogens is 2. The summed E-state index contributed by atoms with van der Waals surface area (Å²) in [5.41, 5.74) is 4.39. The first-order chi connectivity index (χ1) is 6.15. The molecule has 1 rings (SSSR count). The van der Waals surface area contributed by atoms with Crippen LogP contribution in [0.15, 0.2) is 12.4 Å². The monoisotopic (exact) mass is 187 g/mol. The molecule has 4 nitrogen and oxygen atoms in total. The number of nitrogens with zero attached hydrogens (tertiary/aromatic N) is 2. The molecule has 0 atom stereocenters. The van der Waals surface area contributed by atoms with Crippen LogP contribution in [0.25, 0.3) is 0 Å². The molecule has 70 valence electrons. The molecule has 0 fully saturated rings. The van der Waals surface area contributed by atoms with Crippen molar-refractivity contribution in [3.63, 3.8) is 0 Å². The van der Waals surface area contributed by atoms with E-state index in [4.69, 9.17) is 5.73 Å². The van der Waals surface area contributed by atoms with Gasteiger partial charge in [-0.2, -0.15) is 0 Å². The van der Waals surface area contributed by atoms with E-state index in [1.165, 1.54) is 0 Å². The molecule has 2 N–H and O–H groups in total. The maximum Gasteiger partial charge on any atom is 0.281 e. The highest BCUT2D eigenvalue weighted by Crippen LogP contribution is 2.14. The predicted octanol–water partition coefficient (Wildman–Crippen LogP) is 0.556. The number of Topliss-reactive ketones (excluding diaryl/α,β-unsaturated/α-hetero) is 1. The molecule has 0 aliphatic carbocycles. The summed E-state index contributed by atoms with van der Waals surface area (Å²) in [4.78, 5) is 17.8. The highest BCUT2D eigenvalue weighted by atomic mass is 19.3. The first-order valence-corrected chi connectivity index (χ1v) is 3.48. The zero-order chi connectivity index (χ0) is 9.84. The van der Waals surface area contributed by atoms with Crippen LogP contribution in [0.3, 0.4) is 0 Å². The summed E-state index contributed by atoms with van der Waals surface area (Å²) in [6, 6.07) is 0. The highest BCUT2D eigenvalue weighted by molar-refractivity contribution is 5.95. The van der Waals surface area contributed by atoms with Crippen molar-refractivity contribution < 1.29 is 13.6 Å². The maximum atomic E-state index is 12.1. The minimum atomic E-state index is -2.72. The third-order valence-corrected chi connectivity index (χ3v) is 1.35. The van der Waals surface area contributed by atoms with Crippen molar-refractivity contribution in [1.82, 2.24) is 9.97 Å². The van der Waals surface area contributed by atoms with E-state index in [0.29, 0.717) is 0 Å². The number of nitrogens with two attached hydrogens (primary N) is 1. The van der Waals surface area contributed by atoms with Crippen LogP contribution < -0.4 is 5.73 Å². The number of carbonyl (C=O) groups is 1. The Kier molecular flexibility index (Phi) is 2.97. The average molecular weight is 187 g/mol. The van der Waals surface area contributed by atoms with Gasteiger partial charge < -0.3 is 5.73 Å². The summed E-state index contributed by atoms with van der Waals surface area (Å²) in [5.74, 6) is -0.505. The van der Waals surface area contributed by atoms with E-state index in [0.717, 1.165) is 12.4 Å². The Balaban J connectivity index is 2.98. The van der Waals surface area contributed by atoms with E-state index >= 15 is 0 Å². The summed E-state index contributed by atoms with van der Waals surface area (Å²) in [6.07, 6.45) is -0.697. The Morgan fingerprint density at radius 1 is 1.54 bits per heavy atom.